The van der Waals surface area contributed by atoms with Crippen LogP contribution in [0.1, 0.15) is 43.7 Å². The van der Waals surface area contributed by atoms with Crippen molar-refractivity contribution in [1.82, 2.24) is 14.8 Å². The van der Waals surface area contributed by atoms with E-state index in [1.165, 1.54) is 30.4 Å². The fraction of sp³-hybridized carbons (Fsp3) is 0.500. The summed E-state index contributed by atoms with van der Waals surface area (Å²) in [5.74, 6) is 1.09. The summed E-state index contributed by atoms with van der Waals surface area (Å²) in [6, 6.07) is 14.1. The molecule has 1 aromatic carbocycles. The molecule has 0 radical (unpaired) electrons. The second-order valence-electron chi connectivity index (χ2n) is 8.64. The third-order valence-electron chi connectivity index (χ3n) is 6.76. The summed E-state index contributed by atoms with van der Waals surface area (Å²) in [7, 11) is 0. The zero-order valence-corrected chi connectivity index (χ0v) is 17.0. The molecule has 5 heteroatoms. The maximum absolute atomic E-state index is 11.4. The molecule has 29 heavy (non-hydrogen) atoms. The van der Waals surface area contributed by atoms with E-state index >= 15 is 0 Å². The number of pyridine rings is 1. The molecule has 0 spiro atoms. The molecule has 2 aliphatic heterocycles. The van der Waals surface area contributed by atoms with Crippen LogP contribution in [0.5, 0.6) is 0 Å². The SMILES string of the molecule is O=CN1CCCCC1c1ccc(-c2ccc(N3CCN(C4CC4)CC3)nc2)cc1. The molecule has 0 bridgehead atoms. The van der Waals surface area contributed by atoms with Crippen LogP contribution in [-0.2, 0) is 4.79 Å². The Balaban J connectivity index is 1.24. The molecule has 1 amide bonds. The van der Waals surface area contributed by atoms with Gasteiger partial charge in [0.2, 0.25) is 6.41 Å². The van der Waals surface area contributed by atoms with Gasteiger partial charge in [-0.1, -0.05) is 24.3 Å². The Kier molecular flexibility index (Phi) is 5.23. The zero-order valence-electron chi connectivity index (χ0n) is 17.0. The number of carbonyl (C=O) groups excluding carboxylic acids is 1. The number of hydrogen-bond acceptors (Lipinski definition) is 4. The van der Waals surface area contributed by atoms with Crippen LogP contribution in [0.25, 0.3) is 11.1 Å². The first kappa shape index (κ1) is 18.6. The van der Waals surface area contributed by atoms with E-state index in [1.807, 2.05) is 11.1 Å². The smallest absolute Gasteiger partial charge is 0.210 e. The number of carbonyl (C=O) groups is 1. The van der Waals surface area contributed by atoms with E-state index in [4.69, 9.17) is 4.98 Å². The van der Waals surface area contributed by atoms with Gasteiger partial charge in [0.25, 0.3) is 0 Å². The molecule has 0 N–H and O–H groups in total. The monoisotopic (exact) mass is 390 g/mol. The molecule has 2 saturated heterocycles. The summed E-state index contributed by atoms with van der Waals surface area (Å²) < 4.78 is 0. The van der Waals surface area contributed by atoms with Gasteiger partial charge in [-0.15, -0.1) is 0 Å². The number of nitrogens with zero attached hydrogens (tertiary/aromatic N) is 4. The van der Waals surface area contributed by atoms with E-state index in [0.717, 1.165) is 69.4 Å². The van der Waals surface area contributed by atoms with Crippen molar-refractivity contribution in [3.8, 4) is 11.1 Å². The minimum absolute atomic E-state index is 0.227. The van der Waals surface area contributed by atoms with Crippen molar-refractivity contribution in [2.24, 2.45) is 0 Å². The molecular formula is C24H30N4O. The normalized spacial score (nSPS) is 23.2. The van der Waals surface area contributed by atoms with E-state index in [0.29, 0.717) is 0 Å². The molecule has 3 aliphatic rings. The van der Waals surface area contributed by atoms with E-state index in [2.05, 4.69) is 46.2 Å². The number of hydrogen-bond donors (Lipinski definition) is 0. The van der Waals surface area contributed by atoms with Gasteiger partial charge >= 0.3 is 0 Å². The highest BCUT2D eigenvalue weighted by atomic mass is 16.1. The van der Waals surface area contributed by atoms with Crippen LogP contribution in [0, 0.1) is 0 Å². The summed E-state index contributed by atoms with van der Waals surface area (Å²) >= 11 is 0. The van der Waals surface area contributed by atoms with Crippen LogP contribution >= 0.6 is 0 Å². The molecular weight excluding hydrogens is 360 g/mol. The third kappa shape index (κ3) is 4.01. The van der Waals surface area contributed by atoms with Crippen LogP contribution in [0.3, 0.4) is 0 Å². The molecule has 1 atom stereocenters. The minimum atomic E-state index is 0.227. The molecule has 5 rings (SSSR count). The molecule has 2 aromatic rings. The largest absolute Gasteiger partial charge is 0.354 e. The maximum Gasteiger partial charge on any atom is 0.210 e. The number of rotatable bonds is 5. The Hall–Kier alpha value is -2.40. The molecule has 3 heterocycles. The fourth-order valence-electron chi connectivity index (χ4n) is 4.84. The van der Waals surface area contributed by atoms with Gasteiger partial charge in [-0.05, 0) is 55.4 Å². The lowest BCUT2D eigenvalue weighted by Crippen LogP contribution is -2.47. The first-order valence-corrected chi connectivity index (χ1v) is 11.1. The number of anilines is 1. The Morgan fingerprint density at radius 1 is 0.828 bits per heavy atom. The van der Waals surface area contributed by atoms with E-state index < -0.39 is 0 Å². The molecule has 152 valence electrons. The van der Waals surface area contributed by atoms with Crippen LogP contribution in [0.15, 0.2) is 42.6 Å². The van der Waals surface area contributed by atoms with Crippen molar-refractivity contribution in [1.29, 1.82) is 0 Å². The molecule has 3 fully saturated rings. The lowest BCUT2D eigenvalue weighted by molar-refractivity contribution is -0.121. The molecule has 1 saturated carbocycles. The van der Waals surface area contributed by atoms with Gasteiger partial charge in [-0.2, -0.15) is 0 Å². The zero-order chi connectivity index (χ0) is 19.6. The summed E-state index contributed by atoms with van der Waals surface area (Å²) in [5, 5.41) is 0. The Labute approximate surface area is 173 Å². The number of piperazine rings is 1. The Morgan fingerprint density at radius 3 is 2.24 bits per heavy atom. The average Bonchev–Trinajstić information content (AvgIpc) is 3.65. The lowest BCUT2D eigenvalue weighted by Gasteiger charge is -2.35. The number of amides is 1. The minimum Gasteiger partial charge on any atom is -0.354 e. The van der Waals surface area contributed by atoms with Crippen LogP contribution in [0.2, 0.25) is 0 Å². The first-order chi connectivity index (χ1) is 14.3. The summed E-state index contributed by atoms with van der Waals surface area (Å²) in [6.45, 7) is 5.34. The molecule has 1 aliphatic carbocycles. The van der Waals surface area contributed by atoms with Gasteiger partial charge in [0.1, 0.15) is 5.82 Å². The van der Waals surface area contributed by atoms with E-state index in [-0.39, 0.29) is 6.04 Å². The number of piperidine rings is 1. The van der Waals surface area contributed by atoms with Crippen LogP contribution in [-0.4, -0.2) is 60.0 Å². The third-order valence-corrected chi connectivity index (χ3v) is 6.76. The average molecular weight is 391 g/mol. The highest BCUT2D eigenvalue weighted by Crippen LogP contribution is 2.32. The molecule has 1 aromatic heterocycles. The van der Waals surface area contributed by atoms with Crippen molar-refractivity contribution in [2.75, 3.05) is 37.6 Å². The van der Waals surface area contributed by atoms with E-state index in [9.17, 15) is 4.79 Å². The van der Waals surface area contributed by atoms with Crippen molar-refractivity contribution >= 4 is 12.2 Å². The van der Waals surface area contributed by atoms with Crippen molar-refractivity contribution in [3.63, 3.8) is 0 Å². The second kappa shape index (κ2) is 8.15. The molecule has 5 nitrogen and oxygen atoms in total. The lowest BCUT2D eigenvalue weighted by atomic mass is 9.94. The van der Waals surface area contributed by atoms with Crippen LogP contribution < -0.4 is 4.90 Å². The summed E-state index contributed by atoms with van der Waals surface area (Å²) in [5.41, 5.74) is 3.56. The van der Waals surface area contributed by atoms with Gasteiger partial charge < -0.3 is 9.80 Å². The van der Waals surface area contributed by atoms with Crippen molar-refractivity contribution in [2.45, 2.75) is 44.2 Å². The van der Waals surface area contributed by atoms with E-state index in [1.54, 1.807) is 0 Å². The number of benzene rings is 1. The highest BCUT2D eigenvalue weighted by molar-refractivity contribution is 5.64. The second-order valence-corrected chi connectivity index (χ2v) is 8.64. The fourth-order valence-corrected chi connectivity index (χ4v) is 4.84. The van der Waals surface area contributed by atoms with Crippen molar-refractivity contribution in [3.05, 3.63) is 48.2 Å². The predicted octanol–water partition coefficient (Wildman–Crippen LogP) is 3.72. The Bertz CT molecular complexity index is 823. The standard InChI is InChI=1S/C24H30N4O/c29-18-28-12-2-1-3-23(28)20-6-4-19(5-7-20)21-8-11-24(25-17-21)27-15-13-26(14-16-27)22-9-10-22/h4-8,11,17-18,22-23H,1-3,9-10,12-16H2. The number of aromatic nitrogens is 1. The topological polar surface area (TPSA) is 39.7 Å². The summed E-state index contributed by atoms with van der Waals surface area (Å²) in [6.07, 6.45) is 9.14. The number of likely N-dealkylation sites (tertiary alicyclic amines) is 1. The van der Waals surface area contributed by atoms with Gasteiger partial charge in [0, 0.05) is 50.5 Å². The maximum atomic E-state index is 11.4. The van der Waals surface area contributed by atoms with Gasteiger partial charge in [-0.25, -0.2) is 4.98 Å². The quantitative estimate of drug-likeness (QED) is 0.730. The summed E-state index contributed by atoms with van der Waals surface area (Å²) in [4.78, 5) is 23.1. The Morgan fingerprint density at radius 2 is 1.59 bits per heavy atom. The van der Waals surface area contributed by atoms with Gasteiger partial charge in [0.15, 0.2) is 0 Å². The van der Waals surface area contributed by atoms with Gasteiger partial charge in [-0.3, -0.25) is 9.69 Å². The first-order valence-electron chi connectivity index (χ1n) is 11.1. The molecule has 1 unspecified atom stereocenters. The predicted molar refractivity (Wildman–Crippen MR) is 116 cm³/mol. The van der Waals surface area contributed by atoms with Crippen LogP contribution in [0.4, 0.5) is 5.82 Å². The van der Waals surface area contributed by atoms with Crippen molar-refractivity contribution < 1.29 is 4.79 Å². The highest BCUT2D eigenvalue weighted by Gasteiger charge is 2.31. The van der Waals surface area contributed by atoms with Gasteiger partial charge in [0.05, 0.1) is 6.04 Å².